The summed E-state index contributed by atoms with van der Waals surface area (Å²) >= 11 is 0. The van der Waals surface area contributed by atoms with E-state index in [4.69, 9.17) is 0 Å². The summed E-state index contributed by atoms with van der Waals surface area (Å²) in [4.78, 5) is 16.0. The van der Waals surface area contributed by atoms with Crippen LogP contribution in [0.25, 0.3) is 0 Å². The highest BCUT2D eigenvalue weighted by Crippen LogP contribution is 2.18. The molecule has 3 heteroatoms. The molecule has 92 valence electrons. The van der Waals surface area contributed by atoms with E-state index in [9.17, 15) is 4.79 Å². The molecule has 0 aliphatic carbocycles. The van der Waals surface area contributed by atoms with Gasteiger partial charge in [-0.05, 0) is 13.8 Å². The van der Waals surface area contributed by atoms with Crippen LogP contribution in [-0.2, 0) is 4.79 Å². The number of nitrogens with one attached hydrogen (secondary N) is 1. The molecule has 0 saturated carbocycles. The van der Waals surface area contributed by atoms with Gasteiger partial charge in [-0.1, -0.05) is 42.5 Å². The molecular weight excluding hydrogens is 224 g/mol. The Morgan fingerprint density at radius 3 is 2.50 bits per heavy atom. The number of aliphatic imine (C=N–C) groups is 1. The van der Waals surface area contributed by atoms with Crippen molar-refractivity contribution in [3.05, 3.63) is 59.3 Å². The lowest BCUT2D eigenvalue weighted by atomic mass is 9.99. The maximum absolute atomic E-state index is 11.6. The third kappa shape index (κ3) is 2.40. The van der Waals surface area contributed by atoms with Crippen molar-refractivity contribution in [2.24, 2.45) is 4.99 Å². The Morgan fingerprint density at radius 2 is 1.89 bits per heavy atom. The van der Waals surface area contributed by atoms with Crippen LogP contribution in [-0.4, -0.2) is 18.2 Å². The number of amides is 1. The standard InChI is InChI=1S/C15H16N2O/c1-3-12-13(4-2)17-14(18)10-16-15(12)11-8-6-5-7-9-11/h3-9H,10H2,1-2H3,(H,17,18)/b12-3+,13-4+. The highest BCUT2D eigenvalue weighted by Gasteiger charge is 2.18. The van der Waals surface area contributed by atoms with E-state index in [1.165, 1.54) is 0 Å². The lowest BCUT2D eigenvalue weighted by molar-refractivity contribution is -0.118. The van der Waals surface area contributed by atoms with Crippen LogP contribution in [0.1, 0.15) is 19.4 Å². The zero-order chi connectivity index (χ0) is 13.0. The maximum Gasteiger partial charge on any atom is 0.246 e. The molecule has 0 aromatic heterocycles. The number of rotatable bonds is 1. The van der Waals surface area contributed by atoms with Crippen molar-refractivity contribution in [3.63, 3.8) is 0 Å². The first kappa shape index (κ1) is 12.3. The lowest BCUT2D eigenvalue weighted by Gasteiger charge is -2.11. The fourth-order valence-electron chi connectivity index (χ4n) is 1.98. The van der Waals surface area contributed by atoms with Gasteiger partial charge in [-0.25, -0.2) is 0 Å². The van der Waals surface area contributed by atoms with Gasteiger partial charge in [-0.15, -0.1) is 0 Å². The Morgan fingerprint density at radius 1 is 1.17 bits per heavy atom. The monoisotopic (exact) mass is 240 g/mol. The summed E-state index contributed by atoms with van der Waals surface area (Å²) in [5.41, 5.74) is 3.68. The van der Waals surface area contributed by atoms with Gasteiger partial charge in [-0.2, -0.15) is 0 Å². The number of nitrogens with zero attached hydrogens (tertiary/aromatic N) is 1. The highest BCUT2D eigenvalue weighted by atomic mass is 16.1. The van der Waals surface area contributed by atoms with E-state index >= 15 is 0 Å². The fourth-order valence-corrected chi connectivity index (χ4v) is 1.98. The van der Waals surface area contributed by atoms with Crippen molar-refractivity contribution in [1.82, 2.24) is 5.32 Å². The predicted molar refractivity (Wildman–Crippen MR) is 73.5 cm³/mol. The topological polar surface area (TPSA) is 41.5 Å². The van der Waals surface area contributed by atoms with Gasteiger partial charge in [-0.3, -0.25) is 9.79 Å². The Bertz CT molecular complexity index is 539. The predicted octanol–water partition coefficient (Wildman–Crippen LogP) is 2.46. The molecule has 1 aliphatic heterocycles. The van der Waals surface area contributed by atoms with Crippen molar-refractivity contribution in [2.45, 2.75) is 13.8 Å². The molecule has 0 unspecified atom stereocenters. The molecule has 1 amide bonds. The van der Waals surface area contributed by atoms with E-state index < -0.39 is 0 Å². The Kier molecular flexibility index (Phi) is 3.72. The van der Waals surface area contributed by atoms with Crippen LogP contribution in [0.5, 0.6) is 0 Å². The van der Waals surface area contributed by atoms with E-state index in [2.05, 4.69) is 10.3 Å². The molecule has 3 nitrogen and oxygen atoms in total. The summed E-state index contributed by atoms with van der Waals surface area (Å²) in [5.74, 6) is -0.0756. The first-order chi connectivity index (χ1) is 8.76. The maximum atomic E-state index is 11.6. The summed E-state index contributed by atoms with van der Waals surface area (Å²) < 4.78 is 0. The Labute approximate surface area is 107 Å². The zero-order valence-corrected chi connectivity index (χ0v) is 10.6. The number of allylic oxidation sites excluding steroid dienone is 3. The van der Waals surface area contributed by atoms with E-state index in [1.807, 2.05) is 56.3 Å². The molecule has 1 N–H and O–H groups in total. The molecule has 0 saturated heterocycles. The summed E-state index contributed by atoms with van der Waals surface area (Å²) in [6.45, 7) is 4.03. The van der Waals surface area contributed by atoms with Crippen LogP contribution in [0.3, 0.4) is 0 Å². The van der Waals surface area contributed by atoms with E-state index in [-0.39, 0.29) is 12.5 Å². The Hall–Kier alpha value is -2.16. The van der Waals surface area contributed by atoms with Crippen molar-refractivity contribution >= 4 is 11.6 Å². The second kappa shape index (κ2) is 5.45. The van der Waals surface area contributed by atoms with Crippen molar-refractivity contribution in [2.75, 3.05) is 6.54 Å². The summed E-state index contributed by atoms with van der Waals surface area (Å²) in [7, 11) is 0. The average Bonchev–Trinajstić information content (AvgIpc) is 2.58. The normalized spacial score (nSPS) is 20.6. The summed E-state index contributed by atoms with van der Waals surface area (Å²) in [6.07, 6.45) is 3.88. The summed E-state index contributed by atoms with van der Waals surface area (Å²) in [6, 6.07) is 9.92. The minimum absolute atomic E-state index is 0.0756. The third-order valence-corrected chi connectivity index (χ3v) is 2.82. The van der Waals surface area contributed by atoms with Crippen LogP contribution >= 0.6 is 0 Å². The van der Waals surface area contributed by atoms with Gasteiger partial charge in [0.25, 0.3) is 0 Å². The first-order valence-electron chi connectivity index (χ1n) is 5.99. The molecule has 1 aromatic rings. The minimum Gasteiger partial charge on any atom is -0.324 e. The van der Waals surface area contributed by atoms with Gasteiger partial charge in [0.05, 0.1) is 5.71 Å². The minimum atomic E-state index is -0.0756. The number of benzene rings is 1. The smallest absolute Gasteiger partial charge is 0.246 e. The molecule has 0 atom stereocenters. The molecular formula is C15H16N2O. The highest BCUT2D eigenvalue weighted by molar-refractivity contribution is 6.16. The molecule has 0 spiro atoms. The largest absolute Gasteiger partial charge is 0.324 e. The second-order valence-electron chi connectivity index (χ2n) is 3.98. The number of hydrogen-bond donors (Lipinski definition) is 1. The number of carbonyl (C=O) groups excluding carboxylic acids is 1. The van der Waals surface area contributed by atoms with Gasteiger partial charge in [0.15, 0.2) is 0 Å². The SMILES string of the molecule is C/C=C1/NC(=O)CN=C(c2ccccc2)/C1=C/C. The van der Waals surface area contributed by atoms with Gasteiger partial charge in [0, 0.05) is 16.8 Å². The first-order valence-corrected chi connectivity index (χ1v) is 5.99. The van der Waals surface area contributed by atoms with Crippen LogP contribution in [0.4, 0.5) is 0 Å². The summed E-state index contributed by atoms with van der Waals surface area (Å²) in [5, 5.41) is 2.87. The molecule has 1 heterocycles. The van der Waals surface area contributed by atoms with Gasteiger partial charge < -0.3 is 5.32 Å². The molecule has 18 heavy (non-hydrogen) atoms. The lowest BCUT2D eigenvalue weighted by Crippen LogP contribution is -2.24. The molecule has 1 aliphatic rings. The number of hydrogen-bond acceptors (Lipinski definition) is 2. The molecule has 0 bridgehead atoms. The van der Waals surface area contributed by atoms with Crippen LogP contribution < -0.4 is 5.32 Å². The van der Waals surface area contributed by atoms with Crippen LogP contribution in [0, 0.1) is 0 Å². The van der Waals surface area contributed by atoms with Crippen molar-refractivity contribution < 1.29 is 4.79 Å². The van der Waals surface area contributed by atoms with Gasteiger partial charge in [0.2, 0.25) is 5.91 Å². The fraction of sp³-hybridized carbons (Fsp3) is 0.200. The molecule has 0 radical (unpaired) electrons. The van der Waals surface area contributed by atoms with Gasteiger partial charge >= 0.3 is 0 Å². The van der Waals surface area contributed by atoms with Crippen LogP contribution in [0.15, 0.2) is 58.7 Å². The number of carbonyl (C=O) groups is 1. The third-order valence-electron chi connectivity index (χ3n) is 2.82. The van der Waals surface area contributed by atoms with E-state index in [0.29, 0.717) is 0 Å². The second-order valence-corrected chi connectivity index (χ2v) is 3.98. The molecule has 1 aromatic carbocycles. The Balaban J connectivity index is 2.52. The van der Waals surface area contributed by atoms with Crippen LogP contribution in [0.2, 0.25) is 0 Å². The quantitative estimate of drug-likeness (QED) is 0.805. The zero-order valence-electron chi connectivity index (χ0n) is 10.6. The van der Waals surface area contributed by atoms with E-state index in [1.54, 1.807) is 0 Å². The molecule has 0 fully saturated rings. The van der Waals surface area contributed by atoms with Gasteiger partial charge in [0.1, 0.15) is 6.54 Å². The van der Waals surface area contributed by atoms with Crippen molar-refractivity contribution in [3.8, 4) is 0 Å². The average molecular weight is 240 g/mol. The molecule has 2 rings (SSSR count). The van der Waals surface area contributed by atoms with E-state index in [0.717, 1.165) is 22.5 Å². The van der Waals surface area contributed by atoms with Crippen molar-refractivity contribution in [1.29, 1.82) is 0 Å².